The molecule has 0 atom stereocenters. The maximum Gasteiger partial charge on any atom is 0.305 e. The smallest absolute Gasteiger partial charge is 0.305 e. The van der Waals surface area contributed by atoms with Crippen LogP contribution in [0.25, 0.3) is 0 Å². The summed E-state index contributed by atoms with van der Waals surface area (Å²) in [4.78, 5) is 42.1. The number of aliphatic carboxylic acids is 1. The Bertz CT molecular complexity index is 1080. The van der Waals surface area contributed by atoms with Crippen molar-refractivity contribution >= 4 is 46.6 Å². The van der Waals surface area contributed by atoms with E-state index in [2.05, 4.69) is 24.2 Å². The van der Waals surface area contributed by atoms with E-state index in [0.717, 1.165) is 5.56 Å². The van der Waals surface area contributed by atoms with Crippen LogP contribution in [0.2, 0.25) is 10.0 Å². The molecule has 0 radical (unpaired) electrons. The quantitative estimate of drug-likeness (QED) is 0.359. The molecule has 1 aliphatic heterocycles. The number of nitrogens with one attached hydrogen (secondary N) is 1. The molecule has 0 spiro atoms. The highest BCUT2D eigenvalue weighted by atomic mass is 35.5. The number of carboxylic acids is 1. The van der Waals surface area contributed by atoms with Crippen LogP contribution >= 0.6 is 23.2 Å². The van der Waals surface area contributed by atoms with Crippen molar-refractivity contribution in [1.82, 2.24) is 10.2 Å². The molecule has 2 aromatic rings. The van der Waals surface area contributed by atoms with Crippen molar-refractivity contribution in [2.24, 2.45) is 4.99 Å². The largest absolute Gasteiger partial charge is 0.481 e. The van der Waals surface area contributed by atoms with Gasteiger partial charge in [0.1, 0.15) is 11.4 Å². The van der Waals surface area contributed by atoms with E-state index in [1.807, 2.05) is 58.6 Å². The van der Waals surface area contributed by atoms with Gasteiger partial charge in [0.25, 0.3) is 5.91 Å². The second kappa shape index (κ2) is 18.5. The topological polar surface area (TPSA) is 99.1 Å². The molecule has 0 bridgehead atoms. The Kier molecular flexibility index (Phi) is 17.2. The van der Waals surface area contributed by atoms with Crippen LogP contribution in [0.3, 0.4) is 0 Å². The molecule has 1 aliphatic rings. The molecule has 2 aromatic carbocycles. The van der Waals surface area contributed by atoms with Gasteiger partial charge >= 0.3 is 5.97 Å². The van der Waals surface area contributed by atoms with E-state index in [4.69, 9.17) is 28.3 Å². The van der Waals surface area contributed by atoms with Crippen LogP contribution in [0, 0.1) is 0 Å². The Balaban J connectivity index is 0.00000189. The molecular formula is C30H43Cl2N3O4. The molecule has 3 rings (SSSR count). The Morgan fingerprint density at radius 1 is 1.00 bits per heavy atom. The first-order valence-corrected chi connectivity index (χ1v) is 14.2. The van der Waals surface area contributed by atoms with Gasteiger partial charge in [-0.2, -0.15) is 0 Å². The highest BCUT2D eigenvalue weighted by molar-refractivity contribution is 6.48. The number of aliphatic imine (C=N–C) groups is 1. The van der Waals surface area contributed by atoms with Gasteiger partial charge in [0, 0.05) is 34.3 Å². The average molecular weight is 581 g/mol. The molecule has 0 saturated carbocycles. The number of hydrogen-bond acceptors (Lipinski definition) is 5. The van der Waals surface area contributed by atoms with Crippen LogP contribution in [0.5, 0.6) is 0 Å². The monoisotopic (exact) mass is 579 g/mol. The normalized spacial score (nSPS) is 13.8. The summed E-state index contributed by atoms with van der Waals surface area (Å²) in [5.74, 6) is -1.43. The Labute approximate surface area is 243 Å². The molecule has 0 fully saturated rings. The van der Waals surface area contributed by atoms with Gasteiger partial charge in [0.05, 0.1) is 13.0 Å². The summed E-state index contributed by atoms with van der Waals surface area (Å²) >= 11 is 12.2. The van der Waals surface area contributed by atoms with Gasteiger partial charge in [0.2, 0.25) is 0 Å². The predicted octanol–water partition coefficient (Wildman–Crippen LogP) is 7.28. The number of amides is 1. The standard InChI is InChI=1S/C23H23Cl2N3O4.C3H8.2C2H6/c1-23(2)27-21(16-9-17(24)11-18(25)10-16)19(29)13-28(23)12-14-3-5-15(6-4-14)22(32)26-8-7-20(30)31;1-3-2;2*1-2/h3-6,9-11H,7-8,12-13H2,1-2H3,(H,26,32)(H,30,31);3H2,1-2H3;2*1-2H3. The predicted molar refractivity (Wildman–Crippen MR) is 162 cm³/mol. The number of nitrogens with zero attached hydrogens (tertiary/aromatic N) is 2. The minimum atomic E-state index is -0.969. The average Bonchev–Trinajstić information content (AvgIpc) is 2.88. The lowest BCUT2D eigenvalue weighted by molar-refractivity contribution is -0.136. The van der Waals surface area contributed by atoms with Gasteiger partial charge in [-0.3, -0.25) is 24.3 Å². The summed E-state index contributed by atoms with van der Waals surface area (Å²) in [6, 6.07) is 11.9. The fourth-order valence-corrected chi connectivity index (χ4v) is 3.91. The lowest BCUT2D eigenvalue weighted by atomic mass is 9.99. The van der Waals surface area contributed by atoms with E-state index in [-0.39, 0.29) is 31.2 Å². The van der Waals surface area contributed by atoms with Crippen molar-refractivity contribution in [3.05, 3.63) is 69.2 Å². The molecule has 1 amide bonds. The number of carbonyl (C=O) groups is 3. The molecular weight excluding hydrogens is 537 g/mol. The van der Waals surface area contributed by atoms with Crippen LogP contribution in [0.4, 0.5) is 0 Å². The van der Waals surface area contributed by atoms with Crippen LogP contribution in [0.1, 0.15) is 89.7 Å². The van der Waals surface area contributed by atoms with Crippen molar-refractivity contribution < 1.29 is 19.5 Å². The van der Waals surface area contributed by atoms with E-state index in [1.54, 1.807) is 30.3 Å². The summed E-state index contributed by atoms with van der Waals surface area (Å²) in [6.07, 6.45) is 1.12. The van der Waals surface area contributed by atoms with Crippen LogP contribution in [-0.4, -0.2) is 52.1 Å². The molecule has 0 aromatic heterocycles. The van der Waals surface area contributed by atoms with Crippen molar-refractivity contribution in [2.75, 3.05) is 13.1 Å². The van der Waals surface area contributed by atoms with E-state index in [1.165, 1.54) is 6.42 Å². The molecule has 2 N–H and O–H groups in total. The number of carboxylic acid groups (broad SMARTS) is 1. The van der Waals surface area contributed by atoms with Crippen LogP contribution < -0.4 is 5.32 Å². The third-order valence-electron chi connectivity index (χ3n) is 5.11. The lowest BCUT2D eigenvalue weighted by Gasteiger charge is -2.39. The number of halogens is 2. The van der Waals surface area contributed by atoms with Crippen molar-refractivity contribution in [3.8, 4) is 0 Å². The Morgan fingerprint density at radius 2 is 1.51 bits per heavy atom. The summed E-state index contributed by atoms with van der Waals surface area (Å²) in [7, 11) is 0. The zero-order valence-corrected chi connectivity index (χ0v) is 25.9. The van der Waals surface area contributed by atoms with E-state index >= 15 is 0 Å². The third-order valence-corrected chi connectivity index (χ3v) is 5.54. The van der Waals surface area contributed by atoms with Crippen LogP contribution in [-0.2, 0) is 16.1 Å². The van der Waals surface area contributed by atoms with Crippen molar-refractivity contribution in [2.45, 2.75) is 80.4 Å². The number of Topliss-reactive ketones (excluding diaryl/α,β-unsaturated/α-hetero) is 1. The number of rotatable bonds is 7. The molecule has 0 aliphatic carbocycles. The summed E-state index contributed by atoms with van der Waals surface area (Å²) in [5, 5.41) is 12.1. The van der Waals surface area contributed by atoms with Gasteiger partial charge in [0.15, 0.2) is 5.78 Å². The van der Waals surface area contributed by atoms with Gasteiger partial charge in [-0.1, -0.05) is 83.3 Å². The molecule has 7 nitrogen and oxygen atoms in total. The molecule has 0 saturated heterocycles. The fraction of sp³-hybridized carbons (Fsp3) is 0.467. The SMILES string of the molecule is CC.CC.CC1(C)N=C(c2cc(Cl)cc(Cl)c2)C(=O)CN1Cc1ccc(C(=O)NCCC(=O)O)cc1.CCC. The lowest BCUT2D eigenvalue weighted by Crippen LogP contribution is -2.51. The van der Waals surface area contributed by atoms with Crippen molar-refractivity contribution in [3.63, 3.8) is 0 Å². The minimum Gasteiger partial charge on any atom is -0.481 e. The highest BCUT2D eigenvalue weighted by Gasteiger charge is 2.35. The maximum atomic E-state index is 12.8. The molecule has 1 heterocycles. The fourth-order valence-electron chi connectivity index (χ4n) is 3.38. The zero-order valence-electron chi connectivity index (χ0n) is 24.4. The maximum absolute atomic E-state index is 12.8. The van der Waals surface area contributed by atoms with Crippen LogP contribution in [0.15, 0.2) is 47.5 Å². The number of carbonyl (C=O) groups excluding carboxylic acids is 2. The number of ketones is 1. The Morgan fingerprint density at radius 3 is 2.00 bits per heavy atom. The van der Waals surface area contributed by atoms with E-state index < -0.39 is 11.6 Å². The van der Waals surface area contributed by atoms with Gasteiger partial charge in [-0.15, -0.1) is 0 Å². The summed E-state index contributed by atoms with van der Waals surface area (Å²) in [5.41, 5.74) is 1.65. The first-order chi connectivity index (χ1) is 18.5. The van der Waals surface area contributed by atoms with Gasteiger partial charge in [-0.05, 0) is 49.7 Å². The Hall–Kier alpha value is -2.74. The zero-order chi connectivity index (χ0) is 30.2. The van der Waals surface area contributed by atoms with E-state index in [9.17, 15) is 14.4 Å². The summed E-state index contributed by atoms with van der Waals surface area (Å²) < 4.78 is 0. The third kappa shape index (κ3) is 12.3. The summed E-state index contributed by atoms with van der Waals surface area (Å²) in [6.45, 7) is 16.8. The molecule has 39 heavy (non-hydrogen) atoms. The molecule has 0 unspecified atom stereocenters. The van der Waals surface area contributed by atoms with E-state index in [0.29, 0.717) is 33.4 Å². The first kappa shape index (κ1) is 36.3. The minimum absolute atomic E-state index is 0.0676. The van der Waals surface area contributed by atoms with Gasteiger partial charge < -0.3 is 10.4 Å². The molecule has 9 heteroatoms. The van der Waals surface area contributed by atoms with Crippen molar-refractivity contribution in [1.29, 1.82) is 0 Å². The molecule has 216 valence electrons. The first-order valence-electron chi connectivity index (χ1n) is 13.4. The number of benzene rings is 2. The number of hydrogen-bond donors (Lipinski definition) is 2. The van der Waals surface area contributed by atoms with Gasteiger partial charge in [-0.25, -0.2) is 0 Å². The highest BCUT2D eigenvalue weighted by Crippen LogP contribution is 2.27. The second-order valence-corrected chi connectivity index (χ2v) is 9.57. The second-order valence-electron chi connectivity index (χ2n) is 8.70.